The lowest BCUT2D eigenvalue weighted by atomic mass is 9.78. The van der Waals surface area contributed by atoms with Crippen LogP contribution < -0.4 is 0 Å². The van der Waals surface area contributed by atoms with E-state index >= 15 is 0 Å². The summed E-state index contributed by atoms with van der Waals surface area (Å²) in [7, 11) is 0.0474. The van der Waals surface area contributed by atoms with Crippen molar-refractivity contribution in [2.75, 3.05) is 33.8 Å². The maximum atomic E-state index is 12.7. The first-order valence-corrected chi connectivity index (χ1v) is 10.5. The van der Waals surface area contributed by atoms with Gasteiger partial charge < -0.3 is 9.64 Å². The van der Waals surface area contributed by atoms with Crippen molar-refractivity contribution in [3.05, 3.63) is 24.5 Å². The van der Waals surface area contributed by atoms with E-state index in [1.54, 1.807) is 37.3 Å². The van der Waals surface area contributed by atoms with E-state index in [1.165, 1.54) is 10.5 Å². The van der Waals surface area contributed by atoms with Crippen molar-refractivity contribution in [1.29, 1.82) is 0 Å². The zero-order chi connectivity index (χ0) is 18.8. The number of aromatic nitrogens is 1. The van der Waals surface area contributed by atoms with E-state index in [0.717, 1.165) is 12.8 Å². The fourth-order valence-electron chi connectivity index (χ4n) is 3.86. The van der Waals surface area contributed by atoms with Crippen LogP contribution in [0.25, 0.3) is 0 Å². The predicted molar refractivity (Wildman–Crippen MR) is 96.9 cm³/mol. The van der Waals surface area contributed by atoms with Gasteiger partial charge in [-0.15, -0.1) is 0 Å². The Balaban J connectivity index is 1.63. The fraction of sp³-hybridized carbons (Fsp3) is 0.667. The van der Waals surface area contributed by atoms with Gasteiger partial charge in [0.15, 0.2) is 0 Å². The van der Waals surface area contributed by atoms with Gasteiger partial charge in [0.2, 0.25) is 15.9 Å². The maximum absolute atomic E-state index is 12.7. The molecule has 1 spiro atoms. The summed E-state index contributed by atoms with van der Waals surface area (Å²) in [6.45, 7) is 1.51. The third kappa shape index (κ3) is 4.07. The van der Waals surface area contributed by atoms with Crippen LogP contribution in [0.15, 0.2) is 29.4 Å². The van der Waals surface area contributed by atoms with Crippen LogP contribution in [0.1, 0.15) is 32.1 Å². The second kappa shape index (κ2) is 7.62. The molecule has 0 aromatic carbocycles. The average Bonchev–Trinajstić information content (AvgIpc) is 2.63. The van der Waals surface area contributed by atoms with Crippen LogP contribution in [0, 0.1) is 5.92 Å². The zero-order valence-corrected chi connectivity index (χ0v) is 16.2. The van der Waals surface area contributed by atoms with Gasteiger partial charge in [0.05, 0.1) is 5.60 Å². The van der Waals surface area contributed by atoms with Crippen molar-refractivity contribution in [1.82, 2.24) is 14.2 Å². The summed E-state index contributed by atoms with van der Waals surface area (Å²) in [5.41, 5.74) is -0.295. The minimum absolute atomic E-state index is 0.142. The van der Waals surface area contributed by atoms with Gasteiger partial charge in [-0.2, -0.15) is 4.31 Å². The highest BCUT2D eigenvalue weighted by Gasteiger charge is 2.43. The van der Waals surface area contributed by atoms with Gasteiger partial charge in [-0.05, 0) is 43.7 Å². The second-order valence-electron chi connectivity index (χ2n) is 7.48. The number of carbonyl (C=O) groups is 1. The molecule has 0 radical (unpaired) electrons. The van der Waals surface area contributed by atoms with E-state index in [0.29, 0.717) is 44.9 Å². The Hall–Kier alpha value is -1.51. The Morgan fingerprint density at radius 1 is 1.38 bits per heavy atom. The van der Waals surface area contributed by atoms with Crippen molar-refractivity contribution < 1.29 is 17.9 Å². The molecule has 144 valence electrons. The van der Waals surface area contributed by atoms with Gasteiger partial charge in [-0.1, -0.05) is 0 Å². The summed E-state index contributed by atoms with van der Waals surface area (Å²) in [6.07, 6.45) is 6.54. The molecule has 2 saturated heterocycles. The molecule has 7 nitrogen and oxygen atoms in total. The topological polar surface area (TPSA) is 79.8 Å². The average molecular weight is 381 g/mol. The van der Waals surface area contributed by atoms with Crippen molar-refractivity contribution in [2.24, 2.45) is 5.92 Å². The molecule has 0 bridgehead atoms. The molecule has 3 heterocycles. The number of pyridine rings is 1. The number of sulfonamides is 1. The number of piperidine rings is 1. The van der Waals surface area contributed by atoms with E-state index in [4.69, 9.17) is 4.74 Å². The molecule has 2 aliphatic rings. The molecule has 8 heteroatoms. The number of nitrogens with zero attached hydrogens (tertiary/aromatic N) is 3. The standard InChI is InChI=1S/C18H27N3O4S/c1-20(2)17(22)12-15-5-11-25-18(13-15)6-9-21(10-7-18)26(23,24)16-4-3-8-19-14-16/h3-4,8,14-15H,5-7,9-13H2,1-2H3. The lowest BCUT2D eigenvalue weighted by Crippen LogP contribution is -2.51. The maximum Gasteiger partial charge on any atom is 0.244 e. The van der Waals surface area contributed by atoms with Crippen LogP contribution in [0.5, 0.6) is 0 Å². The van der Waals surface area contributed by atoms with Gasteiger partial charge in [-0.3, -0.25) is 9.78 Å². The Bertz CT molecular complexity index is 728. The molecular weight excluding hydrogens is 354 g/mol. The van der Waals surface area contributed by atoms with Crippen LogP contribution in [-0.4, -0.2) is 67.9 Å². The first-order chi connectivity index (χ1) is 12.3. The van der Waals surface area contributed by atoms with E-state index in [9.17, 15) is 13.2 Å². The van der Waals surface area contributed by atoms with Crippen LogP contribution in [0.4, 0.5) is 0 Å². The first kappa shape index (κ1) is 19.3. The minimum atomic E-state index is -3.51. The Labute approximate surface area is 155 Å². The normalized spacial score (nSPS) is 23.7. The molecule has 1 amide bonds. The molecule has 0 N–H and O–H groups in total. The van der Waals surface area contributed by atoms with Crippen molar-refractivity contribution in [2.45, 2.75) is 42.6 Å². The van der Waals surface area contributed by atoms with Gasteiger partial charge in [0.25, 0.3) is 0 Å². The lowest BCUT2D eigenvalue weighted by molar-refractivity contribution is -0.138. The number of hydrogen-bond acceptors (Lipinski definition) is 5. The van der Waals surface area contributed by atoms with Crippen LogP contribution in [0.2, 0.25) is 0 Å². The van der Waals surface area contributed by atoms with E-state index < -0.39 is 10.0 Å². The summed E-state index contributed by atoms with van der Waals surface area (Å²) in [5.74, 6) is 0.448. The van der Waals surface area contributed by atoms with Gasteiger partial charge in [0.1, 0.15) is 4.90 Å². The molecule has 1 unspecified atom stereocenters. The molecule has 0 saturated carbocycles. The number of amides is 1. The summed E-state index contributed by atoms with van der Waals surface area (Å²) < 4.78 is 33.1. The molecule has 3 rings (SSSR count). The summed E-state index contributed by atoms with van der Waals surface area (Å²) >= 11 is 0. The van der Waals surface area contributed by atoms with E-state index in [2.05, 4.69) is 4.98 Å². The highest BCUT2D eigenvalue weighted by Crippen LogP contribution is 2.39. The lowest BCUT2D eigenvalue weighted by Gasteiger charge is -2.45. The minimum Gasteiger partial charge on any atom is -0.375 e. The molecule has 1 aromatic rings. The Morgan fingerprint density at radius 3 is 2.73 bits per heavy atom. The van der Waals surface area contributed by atoms with Crippen LogP contribution >= 0.6 is 0 Å². The summed E-state index contributed by atoms with van der Waals surface area (Å²) in [6, 6.07) is 3.21. The highest BCUT2D eigenvalue weighted by molar-refractivity contribution is 7.89. The number of ether oxygens (including phenoxy) is 1. The monoisotopic (exact) mass is 381 g/mol. The smallest absolute Gasteiger partial charge is 0.244 e. The SMILES string of the molecule is CN(C)C(=O)CC1CCOC2(CCN(S(=O)(=O)c3cccnc3)CC2)C1. The van der Waals surface area contributed by atoms with Crippen molar-refractivity contribution in [3.63, 3.8) is 0 Å². The summed E-state index contributed by atoms with van der Waals surface area (Å²) in [4.78, 5) is 17.8. The van der Waals surface area contributed by atoms with Gasteiger partial charge >= 0.3 is 0 Å². The molecule has 1 atom stereocenters. The molecular formula is C18H27N3O4S. The molecule has 0 aliphatic carbocycles. The van der Waals surface area contributed by atoms with Gasteiger partial charge in [-0.25, -0.2) is 8.42 Å². The van der Waals surface area contributed by atoms with Crippen molar-refractivity contribution >= 4 is 15.9 Å². The summed E-state index contributed by atoms with van der Waals surface area (Å²) in [5, 5.41) is 0. The second-order valence-corrected chi connectivity index (χ2v) is 9.41. The number of rotatable bonds is 4. The van der Waals surface area contributed by atoms with Gasteiger partial charge in [0, 0.05) is 52.6 Å². The van der Waals surface area contributed by atoms with Crippen LogP contribution in [-0.2, 0) is 19.6 Å². The largest absolute Gasteiger partial charge is 0.375 e. The predicted octanol–water partition coefficient (Wildman–Crippen LogP) is 1.51. The van der Waals surface area contributed by atoms with Crippen LogP contribution in [0.3, 0.4) is 0 Å². The van der Waals surface area contributed by atoms with Crippen molar-refractivity contribution in [3.8, 4) is 0 Å². The van der Waals surface area contributed by atoms with E-state index in [-0.39, 0.29) is 16.4 Å². The molecule has 1 aromatic heterocycles. The molecule has 26 heavy (non-hydrogen) atoms. The van der Waals surface area contributed by atoms with E-state index in [1.807, 2.05) is 0 Å². The Morgan fingerprint density at radius 2 is 2.12 bits per heavy atom. The fourth-order valence-corrected chi connectivity index (χ4v) is 5.27. The first-order valence-electron chi connectivity index (χ1n) is 9.07. The number of carbonyl (C=O) groups excluding carboxylic acids is 1. The third-order valence-corrected chi connectivity index (χ3v) is 7.35. The Kier molecular flexibility index (Phi) is 5.64. The third-order valence-electron chi connectivity index (χ3n) is 5.46. The highest BCUT2D eigenvalue weighted by atomic mass is 32.2. The zero-order valence-electron chi connectivity index (χ0n) is 15.4. The molecule has 2 fully saturated rings. The quantitative estimate of drug-likeness (QED) is 0.790. The number of hydrogen-bond donors (Lipinski definition) is 0. The molecule has 2 aliphatic heterocycles.